The number of ether oxygens (including phenoxy) is 1. The highest BCUT2D eigenvalue weighted by molar-refractivity contribution is 5.83. The first-order chi connectivity index (χ1) is 15.3. The molecule has 0 bridgehead atoms. The molecule has 3 aromatic rings. The number of hydrogen-bond acceptors (Lipinski definition) is 4. The van der Waals surface area contributed by atoms with Gasteiger partial charge in [-0.15, -0.1) is 0 Å². The lowest BCUT2D eigenvalue weighted by Gasteiger charge is -2.29. The van der Waals surface area contributed by atoms with Crippen LogP contribution in [0.4, 0.5) is 0 Å². The number of benzene rings is 2. The molecule has 0 radical (unpaired) electrons. The Hall–Kier alpha value is -3.12. The maximum absolute atomic E-state index is 5.33. The summed E-state index contributed by atoms with van der Waals surface area (Å²) in [7, 11) is 3.52. The Kier molecular flexibility index (Phi) is 6.99. The standard InChI is InChI=1S/C25H31N5O/c1-26-25(28-17-21-8-5-7-20-9-6-14-27-24(20)21)29-18-23(30-15-3-4-16-30)19-10-12-22(31-2)13-11-19/h5-14,23H,3-4,15-18H2,1-2H3,(H2,26,28,29). The summed E-state index contributed by atoms with van der Waals surface area (Å²) in [6.45, 7) is 3.73. The Balaban J connectivity index is 1.42. The van der Waals surface area contributed by atoms with Gasteiger partial charge in [0.05, 0.1) is 18.7 Å². The van der Waals surface area contributed by atoms with Crippen molar-refractivity contribution in [1.29, 1.82) is 0 Å². The van der Waals surface area contributed by atoms with E-state index in [2.05, 4.69) is 61.9 Å². The van der Waals surface area contributed by atoms with Gasteiger partial charge in [-0.1, -0.05) is 36.4 Å². The molecule has 162 valence electrons. The van der Waals surface area contributed by atoms with Crippen LogP contribution in [0.2, 0.25) is 0 Å². The minimum absolute atomic E-state index is 0.297. The summed E-state index contributed by atoms with van der Waals surface area (Å²) in [4.78, 5) is 11.5. The number of guanidine groups is 1. The van der Waals surface area contributed by atoms with Gasteiger partial charge in [0.1, 0.15) is 5.75 Å². The average molecular weight is 418 g/mol. The summed E-state index contributed by atoms with van der Waals surface area (Å²) < 4.78 is 5.33. The van der Waals surface area contributed by atoms with Crippen LogP contribution in [0.5, 0.6) is 5.75 Å². The summed E-state index contributed by atoms with van der Waals surface area (Å²) in [5, 5.41) is 8.14. The second kappa shape index (κ2) is 10.3. The monoisotopic (exact) mass is 417 g/mol. The van der Waals surface area contributed by atoms with Gasteiger partial charge in [-0.05, 0) is 55.3 Å². The van der Waals surface area contributed by atoms with Gasteiger partial charge >= 0.3 is 0 Å². The lowest BCUT2D eigenvalue weighted by atomic mass is 10.1. The SMILES string of the molecule is CN=C(NCc1cccc2cccnc12)NCC(c1ccc(OC)cc1)N1CCCC1. The predicted octanol–water partition coefficient (Wildman–Crippen LogP) is 3.75. The summed E-state index contributed by atoms with van der Waals surface area (Å²) in [5.41, 5.74) is 3.48. The van der Waals surface area contributed by atoms with Crippen LogP contribution in [0.15, 0.2) is 65.8 Å². The first kappa shape index (κ1) is 21.1. The van der Waals surface area contributed by atoms with Crippen LogP contribution >= 0.6 is 0 Å². The number of hydrogen-bond donors (Lipinski definition) is 2. The number of para-hydroxylation sites is 1. The quantitative estimate of drug-likeness (QED) is 0.453. The van der Waals surface area contributed by atoms with Gasteiger partial charge in [0.15, 0.2) is 5.96 Å². The molecule has 2 N–H and O–H groups in total. The molecule has 0 spiro atoms. The van der Waals surface area contributed by atoms with Crippen molar-refractivity contribution in [3.8, 4) is 5.75 Å². The lowest BCUT2D eigenvalue weighted by Crippen LogP contribution is -2.42. The minimum atomic E-state index is 0.297. The van der Waals surface area contributed by atoms with Gasteiger partial charge in [-0.25, -0.2) is 0 Å². The zero-order valence-corrected chi connectivity index (χ0v) is 18.3. The zero-order chi connectivity index (χ0) is 21.5. The van der Waals surface area contributed by atoms with Crippen LogP contribution in [0.25, 0.3) is 10.9 Å². The van der Waals surface area contributed by atoms with Gasteiger partial charge < -0.3 is 15.4 Å². The smallest absolute Gasteiger partial charge is 0.191 e. The molecule has 0 aliphatic carbocycles. The summed E-state index contributed by atoms with van der Waals surface area (Å²) in [5.74, 6) is 1.68. The Morgan fingerprint density at radius 3 is 2.58 bits per heavy atom. The molecule has 6 heteroatoms. The molecule has 1 atom stereocenters. The van der Waals surface area contributed by atoms with Crippen LogP contribution in [0.1, 0.15) is 30.0 Å². The second-order valence-corrected chi connectivity index (χ2v) is 7.83. The third-order valence-corrected chi connectivity index (χ3v) is 5.93. The van der Waals surface area contributed by atoms with Gasteiger partial charge in [0.2, 0.25) is 0 Å². The van der Waals surface area contributed by atoms with E-state index in [4.69, 9.17) is 4.74 Å². The number of aromatic nitrogens is 1. The fraction of sp³-hybridized carbons (Fsp3) is 0.360. The highest BCUT2D eigenvalue weighted by atomic mass is 16.5. The summed E-state index contributed by atoms with van der Waals surface area (Å²) in [6.07, 6.45) is 4.36. The topological polar surface area (TPSA) is 61.8 Å². The predicted molar refractivity (Wildman–Crippen MR) is 126 cm³/mol. The van der Waals surface area contributed by atoms with Crippen molar-refractivity contribution in [2.24, 2.45) is 4.99 Å². The summed E-state index contributed by atoms with van der Waals surface area (Å²) in [6, 6.07) is 19.1. The molecule has 0 amide bonds. The van der Waals surface area contributed by atoms with Gasteiger partial charge in [-0.2, -0.15) is 0 Å². The van der Waals surface area contributed by atoms with E-state index < -0.39 is 0 Å². The van der Waals surface area contributed by atoms with Gasteiger partial charge in [0, 0.05) is 31.7 Å². The van der Waals surface area contributed by atoms with Crippen molar-refractivity contribution in [2.45, 2.75) is 25.4 Å². The Morgan fingerprint density at radius 1 is 1.06 bits per heavy atom. The average Bonchev–Trinajstić information content (AvgIpc) is 3.36. The summed E-state index contributed by atoms with van der Waals surface area (Å²) >= 11 is 0. The Labute approximate surface area is 184 Å². The van der Waals surface area contributed by atoms with E-state index in [-0.39, 0.29) is 0 Å². The Morgan fingerprint density at radius 2 is 1.84 bits per heavy atom. The molecule has 4 rings (SSSR count). The molecule has 1 unspecified atom stereocenters. The van der Waals surface area contributed by atoms with E-state index >= 15 is 0 Å². The number of rotatable bonds is 7. The number of nitrogens with zero attached hydrogens (tertiary/aromatic N) is 3. The first-order valence-corrected chi connectivity index (χ1v) is 10.9. The van der Waals surface area contributed by atoms with Crippen molar-refractivity contribution in [2.75, 3.05) is 33.8 Å². The van der Waals surface area contributed by atoms with Gasteiger partial charge in [-0.3, -0.25) is 14.9 Å². The molecule has 2 heterocycles. The number of methoxy groups -OCH3 is 1. The molecule has 1 fully saturated rings. The van der Waals surface area contributed by atoms with Crippen molar-refractivity contribution in [3.05, 3.63) is 71.9 Å². The van der Waals surface area contributed by atoms with Crippen molar-refractivity contribution >= 4 is 16.9 Å². The van der Waals surface area contributed by atoms with Crippen LogP contribution in [-0.2, 0) is 6.54 Å². The van der Waals surface area contributed by atoms with Crippen molar-refractivity contribution in [1.82, 2.24) is 20.5 Å². The van der Waals surface area contributed by atoms with Crippen LogP contribution in [0.3, 0.4) is 0 Å². The first-order valence-electron chi connectivity index (χ1n) is 10.9. The van der Waals surface area contributed by atoms with Crippen molar-refractivity contribution in [3.63, 3.8) is 0 Å². The molecular weight excluding hydrogens is 386 g/mol. The third kappa shape index (κ3) is 5.14. The van der Waals surface area contributed by atoms with Crippen LogP contribution < -0.4 is 15.4 Å². The maximum atomic E-state index is 5.33. The molecule has 1 aromatic heterocycles. The van der Waals surface area contributed by atoms with Crippen molar-refractivity contribution < 1.29 is 4.74 Å². The molecular formula is C25H31N5O. The largest absolute Gasteiger partial charge is 0.497 e. The van der Waals surface area contributed by atoms with E-state index in [1.54, 1.807) is 7.11 Å². The van der Waals surface area contributed by atoms with E-state index in [1.807, 2.05) is 31.4 Å². The number of likely N-dealkylation sites (tertiary alicyclic amines) is 1. The fourth-order valence-electron chi connectivity index (χ4n) is 4.24. The molecule has 31 heavy (non-hydrogen) atoms. The Bertz CT molecular complexity index is 1010. The molecule has 6 nitrogen and oxygen atoms in total. The minimum Gasteiger partial charge on any atom is -0.497 e. The number of pyridine rings is 1. The number of aliphatic imine (C=N–C) groups is 1. The van der Waals surface area contributed by atoms with E-state index in [1.165, 1.54) is 18.4 Å². The normalized spacial score (nSPS) is 15.7. The zero-order valence-electron chi connectivity index (χ0n) is 18.3. The second-order valence-electron chi connectivity index (χ2n) is 7.83. The maximum Gasteiger partial charge on any atom is 0.191 e. The fourth-order valence-corrected chi connectivity index (χ4v) is 4.24. The highest BCUT2D eigenvalue weighted by Crippen LogP contribution is 2.26. The van der Waals surface area contributed by atoms with E-state index in [0.717, 1.165) is 47.8 Å². The van der Waals surface area contributed by atoms with Crippen LogP contribution in [0, 0.1) is 0 Å². The number of nitrogens with one attached hydrogen (secondary N) is 2. The molecule has 2 aromatic carbocycles. The van der Waals surface area contributed by atoms with E-state index in [0.29, 0.717) is 12.6 Å². The number of fused-ring (bicyclic) bond motifs is 1. The lowest BCUT2D eigenvalue weighted by molar-refractivity contribution is 0.245. The third-order valence-electron chi connectivity index (χ3n) is 5.93. The molecule has 1 aliphatic rings. The highest BCUT2D eigenvalue weighted by Gasteiger charge is 2.23. The molecule has 0 saturated carbocycles. The van der Waals surface area contributed by atoms with Gasteiger partial charge in [0.25, 0.3) is 0 Å². The van der Waals surface area contributed by atoms with E-state index in [9.17, 15) is 0 Å². The molecule has 1 aliphatic heterocycles. The molecule has 1 saturated heterocycles. The van der Waals surface area contributed by atoms with Crippen LogP contribution in [-0.4, -0.2) is 49.6 Å².